The number of hydrogen-bond acceptors (Lipinski definition) is 5. The second kappa shape index (κ2) is 7.62. The number of aromatic nitrogens is 2. The summed E-state index contributed by atoms with van der Waals surface area (Å²) in [6, 6.07) is 2.92. The highest BCUT2D eigenvalue weighted by Gasteiger charge is 2.36. The van der Waals surface area contributed by atoms with Gasteiger partial charge >= 0.3 is 12.2 Å². The predicted molar refractivity (Wildman–Crippen MR) is 87.3 cm³/mol. The molecule has 1 aliphatic rings. The van der Waals surface area contributed by atoms with E-state index >= 15 is 0 Å². The van der Waals surface area contributed by atoms with Gasteiger partial charge in [-0.05, 0) is 12.1 Å². The number of alkyl halides is 3. The van der Waals surface area contributed by atoms with Crippen LogP contribution < -0.4 is 10.2 Å². The molecule has 146 valence electrons. The Hall–Kier alpha value is -2.50. The highest BCUT2D eigenvalue weighted by Crippen LogP contribution is 2.34. The number of piperazine rings is 1. The molecule has 2 aromatic rings. The van der Waals surface area contributed by atoms with E-state index in [1.165, 1.54) is 11.0 Å². The van der Waals surface area contributed by atoms with Crippen LogP contribution in [0.4, 0.5) is 31.9 Å². The minimum absolute atomic E-state index is 0.135. The Balaban J connectivity index is 1.53. The first-order chi connectivity index (χ1) is 12.8. The summed E-state index contributed by atoms with van der Waals surface area (Å²) in [5, 5.41) is 8.23. The van der Waals surface area contributed by atoms with Crippen LogP contribution in [0, 0.1) is 11.6 Å². The van der Waals surface area contributed by atoms with Gasteiger partial charge in [-0.2, -0.15) is 13.2 Å². The normalized spacial score (nSPS) is 15.1. The molecule has 1 aromatic carbocycles. The lowest BCUT2D eigenvalue weighted by Gasteiger charge is -2.34. The summed E-state index contributed by atoms with van der Waals surface area (Å²) >= 11 is 0.443. The monoisotopic (exact) mass is 407 g/mol. The van der Waals surface area contributed by atoms with Crippen molar-refractivity contribution in [3.05, 3.63) is 40.4 Å². The highest BCUT2D eigenvalue weighted by atomic mass is 32.1. The van der Waals surface area contributed by atoms with E-state index in [4.69, 9.17) is 0 Å². The molecule has 1 aromatic heterocycles. The summed E-state index contributed by atoms with van der Waals surface area (Å²) < 4.78 is 64.9. The molecule has 1 fully saturated rings. The van der Waals surface area contributed by atoms with Gasteiger partial charge in [0.05, 0.1) is 6.54 Å². The molecule has 1 saturated heterocycles. The Morgan fingerprint density at radius 3 is 2.30 bits per heavy atom. The van der Waals surface area contributed by atoms with Gasteiger partial charge in [-0.15, -0.1) is 10.2 Å². The molecule has 0 unspecified atom stereocenters. The quantitative estimate of drug-likeness (QED) is 0.795. The number of nitrogens with one attached hydrogen (secondary N) is 1. The van der Waals surface area contributed by atoms with Gasteiger partial charge in [-0.25, -0.2) is 13.6 Å². The molecule has 3 rings (SSSR count). The van der Waals surface area contributed by atoms with E-state index < -0.39 is 28.8 Å². The number of urea groups is 1. The van der Waals surface area contributed by atoms with E-state index in [1.54, 1.807) is 4.90 Å². The fraction of sp³-hybridized carbons (Fsp3) is 0.400. The average molecular weight is 407 g/mol. The molecule has 1 N–H and O–H groups in total. The molecule has 0 saturated carbocycles. The molecule has 27 heavy (non-hydrogen) atoms. The number of carbonyl (C=O) groups excluding carboxylic acids is 1. The van der Waals surface area contributed by atoms with Gasteiger partial charge in [-0.1, -0.05) is 17.4 Å². The predicted octanol–water partition coefficient (Wildman–Crippen LogP) is 2.87. The van der Waals surface area contributed by atoms with Crippen LogP contribution >= 0.6 is 11.3 Å². The molecular formula is C15H14F5N5OS. The third-order valence-corrected chi connectivity index (χ3v) is 5.00. The zero-order valence-electron chi connectivity index (χ0n) is 13.8. The second-order valence-corrected chi connectivity index (χ2v) is 6.68. The Morgan fingerprint density at radius 1 is 1.11 bits per heavy atom. The van der Waals surface area contributed by atoms with Gasteiger partial charge < -0.3 is 15.1 Å². The number of benzene rings is 1. The van der Waals surface area contributed by atoms with Gasteiger partial charge in [0, 0.05) is 31.7 Å². The number of halogens is 5. The van der Waals surface area contributed by atoms with Gasteiger partial charge in [0.2, 0.25) is 10.1 Å². The molecule has 2 heterocycles. The summed E-state index contributed by atoms with van der Waals surface area (Å²) in [5.41, 5.74) is -0.238. The van der Waals surface area contributed by atoms with Crippen LogP contribution in [0.5, 0.6) is 0 Å². The number of rotatable bonds is 3. The minimum atomic E-state index is -4.54. The minimum Gasteiger partial charge on any atom is -0.343 e. The summed E-state index contributed by atoms with van der Waals surface area (Å²) in [5.74, 6) is -1.51. The summed E-state index contributed by atoms with van der Waals surface area (Å²) in [7, 11) is 0. The molecule has 0 spiro atoms. The fourth-order valence-corrected chi connectivity index (χ4v) is 3.30. The maximum Gasteiger partial charge on any atom is 0.445 e. The Bertz CT molecular complexity index is 799. The van der Waals surface area contributed by atoms with Crippen molar-refractivity contribution < 1.29 is 26.7 Å². The van der Waals surface area contributed by atoms with Crippen LogP contribution in [-0.4, -0.2) is 47.3 Å². The van der Waals surface area contributed by atoms with Crippen molar-refractivity contribution in [3.63, 3.8) is 0 Å². The van der Waals surface area contributed by atoms with Crippen LogP contribution in [0.3, 0.4) is 0 Å². The maximum atomic E-state index is 13.6. The lowest BCUT2D eigenvalue weighted by molar-refractivity contribution is -0.138. The van der Waals surface area contributed by atoms with Crippen LogP contribution in [0.1, 0.15) is 10.6 Å². The first kappa shape index (κ1) is 19.3. The van der Waals surface area contributed by atoms with Crippen molar-refractivity contribution in [1.82, 2.24) is 20.4 Å². The summed E-state index contributed by atoms with van der Waals surface area (Å²) in [6.07, 6.45) is -4.54. The Morgan fingerprint density at radius 2 is 1.74 bits per heavy atom. The molecule has 0 radical (unpaired) electrons. The van der Waals surface area contributed by atoms with Crippen molar-refractivity contribution in [2.24, 2.45) is 0 Å². The maximum absolute atomic E-state index is 13.6. The molecule has 2 amide bonds. The smallest absolute Gasteiger partial charge is 0.343 e. The molecule has 6 nitrogen and oxygen atoms in total. The second-order valence-electron chi connectivity index (χ2n) is 5.72. The topological polar surface area (TPSA) is 61.4 Å². The van der Waals surface area contributed by atoms with Crippen molar-refractivity contribution in [3.8, 4) is 0 Å². The zero-order chi connectivity index (χ0) is 19.6. The van der Waals surface area contributed by atoms with E-state index in [0.29, 0.717) is 11.3 Å². The SMILES string of the molecule is O=C(NCc1c(F)cccc1F)N1CCN(c2nnc(C(F)(F)F)s2)CC1. The molecule has 0 bridgehead atoms. The molecule has 0 atom stereocenters. The third kappa shape index (κ3) is 4.43. The summed E-state index contributed by atoms with van der Waals surface area (Å²) in [6.45, 7) is 0.698. The average Bonchev–Trinajstić information content (AvgIpc) is 3.12. The fourth-order valence-electron chi connectivity index (χ4n) is 2.54. The first-order valence-electron chi connectivity index (χ1n) is 7.87. The number of amides is 2. The number of anilines is 1. The zero-order valence-corrected chi connectivity index (χ0v) is 14.6. The van der Waals surface area contributed by atoms with Gasteiger partial charge in [0.1, 0.15) is 11.6 Å². The molecule has 1 aliphatic heterocycles. The van der Waals surface area contributed by atoms with Crippen molar-refractivity contribution in [2.75, 3.05) is 31.1 Å². The molecular weight excluding hydrogens is 393 g/mol. The standard InChI is InChI=1S/C15H14F5N5OS/c16-10-2-1-3-11(17)9(10)8-21-13(26)24-4-6-25(7-5-24)14-23-22-12(27-14)15(18,19)20/h1-3H,4-8H2,(H,21,26). The van der Waals surface area contributed by atoms with Crippen molar-refractivity contribution in [2.45, 2.75) is 12.7 Å². The molecule has 12 heteroatoms. The van der Waals surface area contributed by atoms with E-state index in [-0.39, 0.29) is 43.4 Å². The van der Waals surface area contributed by atoms with Gasteiger partial charge in [-0.3, -0.25) is 0 Å². The first-order valence-corrected chi connectivity index (χ1v) is 8.68. The van der Waals surface area contributed by atoms with Crippen LogP contribution in [0.15, 0.2) is 18.2 Å². The number of hydrogen-bond donors (Lipinski definition) is 1. The van der Waals surface area contributed by atoms with Crippen LogP contribution in [-0.2, 0) is 12.7 Å². The Kier molecular flexibility index (Phi) is 5.44. The van der Waals surface area contributed by atoms with Crippen molar-refractivity contribution >= 4 is 22.5 Å². The van der Waals surface area contributed by atoms with Crippen LogP contribution in [0.25, 0.3) is 0 Å². The highest BCUT2D eigenvalue weighted by molar-refractivity contribution is 7.15. The van der Waals surface area contributed by atoms with Crippen molar-refractivity contribution in [1.29, 1.82) is 0 Å². The number of nitrogens with zero attached hydrogens (tertiary/aromatic N) is 4. The van der Waals surface area contributed by atoms with Gasteiger partial charge in [0.15, 0.2) is 0 Å². The lowest BCUT2D eigenvalue weighted by atomic mass is 10.2. The summed E-state index contributed by atoms with van der Waals surface area (Å²) in [4.78, 5) is 15.2. The van der Waals surface area contributed by atoms with Gasteiger partial charge in [0.25, 0.3) is 0 Å². The number of carbonyl (C=O) groups is 1. The largest absolute Gasteiger partial charge is 0.445 e. The van der Waals surface area contributed by atoms with E-state index in [9.17, 15) is 26.7 Å². The Labute approximate surface area is 154 Å². The van der Waals surface area contributed by atoms with E-state index in [1.807, 2.05) is 0 Å². The van der Waals surface area contributed by atoms with E-state index in [2.05, 4.69) is 15.5 Å². The lowest BCUT2D eigenvalue weighted by Crippen LogP contribution is -2.51. The van der Waals surface area contributed by atoms with Crippen LogP contribution in [0.2, 0.25) is 0 Å². The molecule has 0 aliphatic carbocycles. The third-order valence-electron chi connectivity index (χ3n) is 3.97. The van der Waals surface area contributed by atoms with E-state index in [0.717, 1.165) is 12.1 Å².